The maximum atomic E-state index is 4.10. The largest absolute Gasteiger partial charge is 0.163 e. The highest BCUT2D eigenvalue weighted by molar-refractivity contribution is 5.62. The molecule has 10 heavy (non-hydrogen) atoms. The van der Waals surface area contributed by atoms with Crippen molar-refractivity contribution >= 4 is 6.21 Å². The minimum atomic E-state index is 1.05. The molecule has 2 heteroatoms. The van der Waals surface area contributed by atoms with Gasteiger partial charge in [-0.15, -0.1) is 0 Å². The lowest BCUT2D eigenvalue weighted by molar-refractivity contribution is 0.607. The molecule has 1 heterocycles. The second kappa shape index (κ2) is 2.45. The van der Waals surface area contributed by atoms with Crippen molar-refractivity contribution in [2.45, 2.75) is 32.1 Å². The Hall–Kier alpha value is -0.790. The molecule has 2 nitrogen and oxygen atoms in total. The highest BCUT2D eigenvalue weighted by Gasteiger charge is 2.14. The topological polar surface area (TPSA) is 26.5 Å². The summed E-state index contributed by atoms with van der Waals surface area (Å²) in [6.07, 6.45) is 8.03. The average Bonchev–Trinajstić information content (AvgIpc) is 2.05. The summed E-state index contributed by atoms with van der Waals surface area (Å²) in [4.78, 5) is 0. The third-order valence-corrected chi connectivity index (χ3v) is 2.15. The molecule has 0 aromatic carbocycles. The molecular formula is C8H11N2. The maximum absolute atomic E-state index is 4.10. The predicted octanol–water partition coefficient (Wildman–Crippen LogP) is 1.81. The molecule has 0 saturated carbocycles. The van der Waals surface area contributed by atoms with Gasteiger partial charge in [0.2, 0.25) is 0 Å². The van der Waals surface area contributed by atoms with Crippen LogP contribution in [-0.4, -0.2) is 6.21 Å². The Morgan fingerprint density at radius 3 is 3.00 bits per heavy atom. The second-order valence-electron chi connectivity index (χ2n) is 2.86. The van der Waals surface area contributed by atoms with Crippen LogP contribution in [-0.2, 0) is 0 Å². The SMILES string of the molecule is C1=N[N]C2=C(C1)CCCC2. The van der Waals surface area contributed by atoms with E-state index in [0.29, 0.717) is 0 Å². The summed E-state index contributed by atoms with van der Waals surface area (Å²) in [5.41, 5.74) is 6.90. The molecule has 2 aliphatic rings. The van der Waals surface area contributed by atoms with E-state index < -0.39 is 0 Å². The Balaban J connectivity index is 2.17. The summed E-state index contributed by atoms with van der Waals surface area (Å²) in [5, 5.41) is 3.90. The van der Waals surface area contributed by atoms with Crippen LogP contribution in [0.1, 0.15) is 32.1 Å². The molecule has 1 aliphatic heterocycles. The Morgan fingerprint density at radius 1 is 1.20 bits per heavy atom. The number of allylic oxidation sites excluding steroid dienone is 2. The van der Waals surface area contributed by atoms with Gasteiger partial charge < -0.3 is 0 Å². The summed E-state index contributed by atoms with van der Waals surface area (Å²) in [5.74, 6) is 0. The van der Waals surface area contributed by atoms with E-state index in [2.05, 4.69) is 10.5 Å². The van der Waals surface area contributed by atoms with Crippen LogP contribution in [0, 0.1) is 0 Å². The van der Waals surface area contributed by atoms with E-state index in [-0.39, 0.29) is 0 Å². The predicted molar refractivity (Wildman–Crippen MR) is 40.7 cm³/mol. The normalized spacial score (nSPS) is 24.0. The molecule has 0 aromatic rings. The maximum Gasteiger partial charge on any atom is 0.0626 e. The fraction of sp³-hybridized carbons (Fsp3) is 0.625. The third kappa shape index (κ3) is 0.939. The Bertz CT molecular complexity index is 171. The molecule has 0 amide bonds. The molecule has 0 N–H and O–H groups in total. The molecule has 2 rings (SSSR count). The van der Waals surface area contributed by atoms with Crippen molar-refractivity contribution in [1.29, 1.82) is 0 Å². The first kappa shape index (κ1) is 5.96. The number of hydrogen-bond donors (Lipinski definition) is 0. The van der Waals surface area contributed by atoms with Gasteiger partial charge in [0.1, 0.15) is 0 Å². The first-order chi connectivity index (χ1) is 4.97. The first-order valence-electron chi connectivity index (χ1n) is 3.90. The fourth-order valence-corrected chi connectivity index (χ4v) is 1.55. The summed E-state index contributed by atoms with van der Waals surface area (Å²) in [6.45, 7) is 0. The summed E-state index contributed by atoms with van der Waals surface area (Å²) >= 11 is 0. The van der Waals surface area contributed by atoms with Gasteiger partial charge >= 0.3 is 0 Å². The molecule has 0 aromatic heterocycles. The minimum absolute atomic E-state index is 1.05. The summed E-state index contributed by atoms with van der Waals surface area (Å²) in [6, 6.07) is 0. The van der Waals surface area contributed by atoms with Crippen LogP contribution >= 0.6 is 0 Å². The van der Waals surface area contributed by atoms with Gasteiger partial charge in [-0.1, -0.05) is 0 Å². The molecule has 0 fully saturated rings. The van der Waals surface area contributed by atoms with Crippen LogP contribution in [0.25, 0.3) is 0 Å². The van der Waals surface area contributed by atoms with Crippen LogP contribution in [0.5, 0.6) is 0 Å². The van der Waals surface area contributed by atoms with E-state index in [0.717, 1.165) is 12.8 Å². The van der Waals surface area contributed by atoms with Crippen molar-refractivity contribution in [3.63, 3.8) is 0 Å². The van der Waals surface area contributed by atoms with Crippen LogP contribution in [0.2, 0.25) is 0 Å². The van der Waals surface area contributed by atoms with Gasteiger partial charge in [-0.05, 0) is 31.3 Å². The second-order valence-corrected chi connectivity index (χ2v) is 2.86. The summed E-state index contributed by atoms with van der Waals surface area (Å²) < 4.78 is 0. The highest BCUT2D eigenvalue weighted by Crippen LogP contribution is 2.26. The van der Waals surface area contributed by atoms with E-state index in [1.54, 1.807) is 0 Å². The van der Waals surface area contributed by atoms with E-state index >= 15 is 0 Å². The van der Waals surface area contributed by atoms with Gasteiger partial charge in [-0.2, -0.15) is 10.5 Å². The van der Waals surface area contributed by atoms with Gasteiger partial charge in [0, 0.05) is 12.6 Å². The van der Waals surface area contributed by atoms with Crippen LogP contribution in [0.15, 0.2) is 16.4 Å². The third-order valence-electron chi connectivity index (χ3n) is 2.15. The van der Waals surface area contributed by atoms with E-state index in [1.807, 2.05) is 6.21 Å². The molecule has 1 aliphatic carbocycles. The van der Waals surface area contributed by atoms with Crippen LogP contribution in [0.3, 0.4) is 0 Å². The fourth-order valence-electron chi connectivity index (χ4n) is 1.55. The lowest BCUT2D eigenvalue weighted by Crippen LogP contribution is -2.11. The monoisotopic (exact) mass is 135 g/mol. The minimum Gasteiger partial charge on any atom is -0.163 e. The average molecular weight is 135 g/mol. The van der Waals surface area contributed by atoms with Crippen molar-refractivity contribution in [2.24, 2.45) is 5.10 Å². The first-order valence-corrected chi connectivity index (χ1v) is 3.90. The van der Waals surface area contributed by atoms with Gasteiger partial charge in [0.25, 0.3) is 0 Å². The smallest absolute Gasteiger partial charge is 0.0626 e. The lowest BCUT2D eigenvalue weighted by Gasteiger charge is -2.19. The summed E-state index contributed by atoms with van der Waals surface area (Å²) in [7, 11) is 0. The zero-order valence-electron chi connectivity index (χ0n) is 6.01. The van der Waals surface area contributed by atoms with Gasteiger partial charge in [0.15, 0.2) is 0 Å². The highest BCUT2D eigenvalue weighted by atomic mass is 15.3. The molecule has 0 spiro atoms. The van der Waals surface area contributed by atoms with E-state index in [9.17, 15) is 0 Å². The quantitative estimate of drug-likeness (QED) is 0.484. The molecule has 0 saturated heterocycles. The molecule has 0 unspecified atom stereocenters. The Kier molecular flexibility index (Phi) is 1.46. The van der Waals surface area contributed by atoms with Crippen LogP contribution < -0.4 is 5.43 Å². The molecule has 53 valence electrons. The van der Waals surface area contributed by atoms with Crippen molar-refractivity contribution < 1.29 is 0 Å². The number of hydrogen-bond acceptors (Lipinski definition) is 1. The van der Waals surface area contributed by atoms with Crippen LogP contribution in [0.4, 0.5) is 0 Å². The zero-order chi connectivity index (χ0) is 6.81. The molecule has 1 radical (unpaired) electrons. The van der Waals surface area contributed by atoms with Crippen molar-refractivity contribution in [3.05, 3.63) is 11.3 Å². The zero-order valence-corrected chi connectivity index (χ0v) is 6.01. The van der Waals surface area contributed by atoms with Gasteiger partial charge in [-0.25, -0.2) is 0 Å². The molecule has 0 atom stereocenters. The molecule has 0 bridgehead atoms. The van der Waals surface area contributed by atoms with Crippen molar-refractivity contribution in [2.75, 3.05) is 0 Å². The van der Waals surface area contributed by atoms with Crippen molar-refractivity contribution in [3.8, 4) is 0 Å². The lowest BCUT2D eigenvalue weighted by atomic mass is 9.94. The Morgan fingerprint density at radius 2 is 2.10 bits per heavy atom. The van der Waals surface area contributed by atoms with Gasteiger partial charge in [-0.3, -0.25) is 0 Å². The number of nitrogens with zero attached hydrogens (tertiary/aromatic N) is 2. The van der Waals surface area contributed by atoms with Gasteiger partial charge in [0.05, 0.1) is 5.70 Å². The van der Waals surface area contributed by atoms with E-state index in [1.165, 1.54) is 30.5 Å². The Labute approximate surface area is 61.0 Å². The molecular weight excluding hydrogens is 124 g/mol. The van der Waals surface area contributed by atoms with E-state index in [4.69, 9.17) is 0 Å². The van der Waals surface area contributed by atoms with Crippen molar-refractivity contribution in [1.82, 2.24) is 5.43 Å². The number of rotatable bonds is 0. The standard InChI is InChI=1S/C8H11N2/c1-2-4-8-7(3-1)5-6-9-10-8/h6H,1-5H2.